The zero-order valence-corrected chi connectivity index (χ0v) is 15.2. The van der Waals surface area contributed by atoms with Crippen LogP contribution < -0.4 is 19.1 Å². The van der Waals surface area contributed by atoms with E-state index in [4.69, 9.17) is 9.47 Å². The number of ether oxygens (including phenoxy) is 2. The topological polar surface area (TPSA) is 148 Å². The second kappa shape index (κ2) is 7.14. The molecule has 136 valence electrons. The molecule has 0 unspecified atom stereocenters. The number of carbonyl (C=O) groups excluding carboxylic acids is 1. The molecule has 0 fully saturated rings. The molecule has 0 aliphatic heterocycles. The van der Waals surface area contributed by atoms with Crippen molar-refractivity contribution in [3.05, 3.63) is 6.07 Å². The van der Waals surface area contributed by atoms with Gasteiger partial charge in [0.1, 0.15) is 0 Å². The van der Waals surface area contributed by atoms with Crippen LogP contribution in [0.5, 0.6) is 11.8 Å². The molecule has 1 rings (SSSR count). The molecule has 0 saturated carbocycles. The highest BCUT2D eigenvalue weighted by atomic mass is 32.3. The van der Waals surface area contributed by atoms with E-state index in [-0.39, 0.29) is 21.4 Å². The number of carbonyl (C=O) groups is 1. The molecule has 1 N–H and O–H groups in total. The maximum Gasteiger partial charge on any atom is 0.338 e. The van der Waals surface area contributed by atoms with Crippen LogP contribution in [0.3, 0.4) is 0 Å². The summed E-state index contributed by atoms with van der Waals surface area (Å²) in [6, 6.07) is 0.171. The number of hydrogen-bond acceptors (Lipinski definition) is 9. The summed E-state index contributed by atoms with van der Waals surface area (Å²) in [6.07, 6.45) is 0.677. The minimum atomic E-state index is -4.62. The molecule has 14 heteroatoms. The van der Waals surface area contributed by atoms with Crippen LogP contribution in [-0.2, 0) is 20.2 Å². The molecule has 0 atom stereocenters. The number of nitrogens with zero attached hydrogens (tertiary/aromatic N) is 4. The van der Waals surface area contributed by atoms with Gasteiger partial charge in [0.05, 0.1) is 26.5 Å². The third-order valence-corrected chi connectivity index (χ3v) is 6.16. The molecule has 1 aromatic rings. The average Bonchev–Trinajstić information content (AvgIpc) is 2.51. The molecular formula is C10H17N5O7S2. The smallest absolute Gasteiger partial charge is 0.338 e. The Labute approximate surface area is 139 Å². The summed E-state index contributed by atoms with van der Waals surface area (Å²) in [5.41, 5.74) is 0. The Balaban J connectivity index is 3.08. The Morgan fingerprint density at radius 1 is 1.08 bits per heavy atom. The number of nitrogens with one attached hydrogen (secondary N) is 1. The minimum Gasteiger partial charge on any atom is -0.481 e. The van der Waals surface area contributed by atoms with E-state index in [0.29, 0.717) is 6.26 Å². The molecular weight excluding hydrogens is 366 g/mol. The molecule has 0 aromatic carbocycles. The van der Waals surface area contributed by atoms with E-state index < -0.39 is 26.3 Å². The van der Waals surface area contributed by atoms with Crippen LogP contribution in [0.15, 0.2) is 6.07 Å². The first kappa shape index (κ1) is 19.9. The van der Waals surface area contributed by atoms with E-state index in [1.807, 2.05) is 0 Å². The third kappa shape index (κ3) is 4.65. The summed E-state index contributed by atoms with van der Waals surface area (Å²) in [5, 5.41) is 0. The highest BCUT2D eigenvalue weighted by molar-refractivity contribution is 8.03. The lowest BCUT2D eigenvalue weighted by Crippen LogP contribution is -2.48. The van der Waals surface area contributed by atoms with Gasteiger partial charge in [-0.15, -0.1) is 0 Å². The van der Waals surface area contributed by atoms with Gasteiger partial charge in [0.2, 0.25) is 27.7 Å². The summed E-state index contributed by atoms with van der Waals surface area (Å²) in [5.74, 6) is -0.0684. The number of anilines is 1. The fourth-order valence-corrected chi connectivity index (χ4v) is 3.29. The summed E-state index contributed by atoms with van der Waals surface area (Å²) in [7, 11) is -4.06. The summed E-state index contributed by atoms with van der Waals surface area (Å²) < 4.78 is 57.8. The monoisotopic (exact) mass is 383 g/mol. The van der Waals surface area contributed by atoms with Gasteiger partial charge in [-0.3, -0.25) is 4.90 Å². The van der Waals surface area contributed by atoms with Crippen LogP contribution >= 0.6 is 0 Å². The molecule has 0 radical (unpaired) electrons. The molecule has 24 heavy (non-hydrogen) atoms. The SMILES string of the molecule is COc1cc(OC)nc(N(C)C(=O)NS(=O)(=O)N(C)S(C)(=O)=O)n1. The maximum atomic E-state index is 12.0. The first-order chi connectivity index (χ1) is 10.9. The first-order valence-corrected chi connectivity index (χ1v) is 9.42. The predicted molar refractivity (Wildman–Crippen MR) is 83.6 cm³/mol. The summed E-state index contributed by atoms with van der Waals surface area (Å²) in [4.78, 5) is 20.5. The normalized spacial score (nSPS) is 11.9. The van der Waals surface area contributed by atoms with Gasteiger partial charge in [0, 0.05) is 14.1 Å². The van der Waals surface area contributed by atoms with Crippen molar-refractivity contribution in [2.75, 3.05) is 39.5 Å². The summed E-state index contributed by atoms with van der Waals surface area (Å²) >= 11 is 0. The lowest BCUT2D eigenvalue weighted by molar-refractivity contribution is 0.251. The van der Waals surface area contributed by atoms with Crippen molar-refractivity contribution < 1.29 is 31.1 Å². The van der Waals surface area contributed by atoms with Gasteiger partial charge >= 0.3 is 16.2 Å². The van der Waals surface area contributed by atoms with Crippen molar-refractivity contribution in [3.8, 4) is 11.8 Å². The number of aromatic nitrogens is 2. The number of amides is 2. The predicted octanol–water partition coefficient (Wildman–Crippen LogP) is -1.22. The van der Waals surface area contributed by atoms with Crippen LogP contribution in [0.4, 0.5) is 10.7 Å². The van der Waals surface area contributed by atoms with E-state index in [1.165, 1.54) is 27.3 Å². The quantitative estimate of drug-likeness (QED) is 0.637. The Hall–Kier alpha value is -2.19. The van der Waals surface area contributed by atoms with Gasteiger partial charge in [-0.05, 0) is 0 Å². The standard InChI is InChI=1S/C10H17N5O7S2/c1-14(9-11-7(21-3)6-8(12-9)22-4)10(16)13-24(19,20)15(2)23(5,17)18/h6H,1-5H3,(H,13,16). The third-order valence-electron chi connectivity index (χ3n) is 2.71. The number of rotatable bonds is 6. The van der Waals surface area contributed by atoms with Gasteiger partial charge in [-0.1, -0.05) is 3.71 Å². The van der Waals surface area contributed by atoms with Gasteiger partial charge in [-0.2, -0.15) is 18.4 Å². The Morgan fingerprint density at radius 2 is 1.54 bits per heavy atom. The van der Waals surface area contributed by atoms with Crippen LogP contribution in [0.2, 0.25) is 0 Å². The highest BCUT2D eigenvalue weighted by Crippen LogP contribution is 2.19. The molecule has 0 aliphatic rings. The van der Waals surface area contributed by atoms with Gasteiger partial charge < -0.3 is 9.47 Å². The Bertz CT molecular complexity index is 802. The number of hydrogen-bond donors (Lipinski definition) is 1. The number of sulfonamides is 1. The Morgan fingerprint density at radius 3 is 1.92 bits per heavy atom. The van der Waals surface area contributed by atoms with Crippen molar-refractivity contribution in [3.63, 3.8) is 0 Å². The Kier molecular flexibility index (Phi) is 5.91. The molecule has 2 amide bonds. The molecule has 1 heterocycles. The zero-order valence-electron chi connectivity index (χ0n) is 13.5. The maximum absolute atomic E-state index is 12.0. The van der Waals surface area contributed by atoms with Crippen LogP contribution in [0.1, 0.15) is 0 Å². The molecule has 12 nitrogen and oxygen atoms in total. The summed E-state index contributed by atoms with van der Waals surface area (Å²) in [6.45, 7) is 0. The molecule has 0 bridgehead atoms. The van der Waals surface area contributed by atoms with E-state index in [9.17, 15) is 21.6 Å². The van der Waals surface area contributed by atoms with Crippen LogP contribution in [0.25, 0.3) is 0 Å². The number of urea groups is 1. The highest BCUT2D eigenvalue weighted by Gasteiger charge is 2.30. The van der Waals surface area contributed by atoms with E-state index >= 15 is 0 Å². The van der Waals surface area contributed by atoms with E-state index in [0.717, 1.165) is 11.9 Å². The second-order valence-electron chi connectivity index (χ2n) is 4.37. The first-order valence-electron chi connectivity index (χ1n) is 6.14. The van der Waals surface area contributed by atoms with Crippen molar-refractivity contribution in [2.45, 2.75) is 0 Å². The lowest BCUT2D eigenvalue weighted by Gasteiger charge is -2.19. The van der Waals surface area contributed by atoms with Crippen molar-refractivity contribution in [2.24, 2.45) is 0 Å². The second-order valence-corrected chi connectivity index (χ2v) is 8.31. The molecule has 0 spiro atoms. The van der Waals surface area contributed by atoms with Crippen molar-refractivity contribution in [1.82, 2.24) is 18.4 Å². The lowest BCUT2D eigenvalue weighted by atomic mass is 10.6. The average molecular weight is 383 g/mol. The van der Waals surface area contributed by atoms with Crippen LogP contribution in [0, 0.1) is 0 Å². The fraction of sp³-hybridized carbons (Fsp3) is 0.500. The van der Waals surface area contributed by atoms with E-state index in [1.54, 1.807) is 4.72 Å². The van der Waals surface area contributed by atoms with Crippen molar-refractivity contribution >= 4 is 32.2 Å². The van der Waals surface area contributed by atoms with Gasteiger partial charge in [-0.25, -0.2) is 17.9 Å². The van der Waals surface area contributed by atoms with E-state index in [2.05, 4.69) is 9.97 Å². The fourth-order valence-electron chi connectivity index (χ4n) is 1.26. The van der Waals surface area contributed by atoms with Crippen molar-refractivity contribution in [1.29, 1.82) is 0 Å². The zero-order chi connectivity index (χ0) is 18.7. The molecule has 0 aliphatic carbocycles. The molecule has 0 saturated heterocycles. The number of methoxy groups -OCH3 is 2. The molecule has 1 aromatic heterocycles. The van der Waals surface area contributed by atoms with Gasteiger partial charge in [0.15, 0.2) is 0 Å². The minimum absolute atomic E-state index is 0.0265. The van der Waals surface area contributed by atoms with Crippen LogP contribution in [-0.4, -0.2) is 71.1 Å². The van der Waals surface area contributed by atoms with Gasteiger partial charge in [0.25, 0.3) is 0 Å². The largest absolute Gasteiger partial charge is 0.481 e.